The van der Waals surface area contributed by atoms with E-state index >= 15 is 0 Å². The van der Waals surface area contributed by atoms with E-state index in [9.17, 15) is 0 Å². The van der Waals surface area contributed by atoms with Gasteiger partial charge in [-0.3, -0.25) is 4.68 Å². The summed E-state index contributed by atoms with van der Waals surface area (Å²) in [6.07, 6.45) is 2.05. The molecule has 104 valence electrons. The molecule has 0 radical (unpaired) electrons. The summed E-state index contributed by atoms with van der Waals surface area (Å²) >= 11 is 1.89. The van der Waals surface area contributed by atoms with Gasteiger partial charge in [-0.05, 0) is 36.6 Å². The molecule has 0 saturated carbocycles. The number of rotatable bonds is 5. The van der Waals surface area contributed by atoms with E-state index in [-0.39, 0.29) is 0 Å². The summed E-state index contributed by atoms with van der Waals surface area (Å²) < 4.78 is 3.39. The third-order valence-corrected chi connectivity index (χ3v) is 4.62. The van der Waals surface area contributed by atoms with Gasteiger partial charge in [-0.25, -0.2) is 0 Å². The van der Waals surface area contributed by atoms with Gasteiger partial charge in [0.25, 0.3) is 0 Å². The molecule has 1 aromatic carbocycles. The molecule has 0 unspecified atom stereocenters. The lowest BCUT2D eigenvalue weighted by molar-refractivity contribution is 0.669. The lowest BCUT2D eigenvalue weighted by atomic mass is 10.1. The fourth-order valence-corrected chi connectivity index (χ4v) is 3.60. The lowest BCUT2D eigenvalue weighted by Gasteiger charge is -2.06. The minimum atomic E-state index is 0.846. The molecule has 2 aromatic heterocycles. The van der Waals surface area contributed by atoms with Crippen LogP contribution in [0.4, 0.5) is 0 Å². The predicted octanol–water partition coefficient (Wildman–Crippen LogP) is 3.56. The first kappa shape index (κ1) is 13.3. The van der Waals surface area contributed by atoms with Crippen LogP contribution in [0.1, 0.15) is 23.1 Å². The zero-order valence-corrected chi connectivity index (χ0v) is 12.7. The van der Waals surface area contributed by atoms with Gasteiger partial charge in [0.15, 0.2) is 0 Å². The first-order chi connectivity index (χ1) is 9.78. The van der Waals surface area contributed by atoms with Crippen molar-refractivity contribution in [3.63, 3.8) is 0 Å². The molecule has 0 aliphatic carbocycles. The molecule has 0 aliphatic heterocycles. The number of nitrogens with one attached hydrogen (secondary N) is 1. The monoisotopic (exact) mass is 285 g/mol. The van der Waals surface area contributed by atoms with Gasteiger partial charge in [0.05, 0.1) is 12.2 Å². The van der Waals surface area contributed by atoms with Crippen molar-refractivity contribution in [2.75, 3.05) is 6.54 Å². The van der Waals surface area contributed by atoms with Crippen molar-refractivity contribution in [3.8, 4) is 0 Å². The quantitative estimate of drug-likeness (QED) is 0.776. The van der Waals surface area contributed by atoms with Gasteiger partial charge >= 0.3 is 0 Å². The van der Waals surface area contributed by atoms with E-state index in [1.807, 2.05) is 22.9 Å². The molecule has 1 N–H and O–H groups in total. The third-order valence-electron chi connectivity index (χ3n) is 3.41. The second-order valence-electron chi connectivity index (χ2n) is 4.93. The topological polar surface area (TPSA) is 29.9 Å². The SMILES string of the molecule is CCNCc1sc2ccccc2c1Cn1ccc(C)n1. The lowest BCUT2D eigenvalue weighted by Crippen LogP contribution is -2.12. The minimum Gasteiger partial charge on any atom is -0.312 e. The first-order valence-electron chi connectivity index (χ1n) is 6.98. The molecule has 3 aromatic rings. The number of thiophene rings is 1. The summed E-state index contributed by atoms with van der Waals surface area (Å²) in [4.78, 5) is 1.42. The average Bonchev–Trinajstić information content (AvgIpc) is 3.02. The fourth-order valence-electron chi connectivity index (χ4n) is 2.42. The third kappa shape index (κ3) is 2.62. The van der Waals surface area contributed by atoms with E-state index in [0.717, 1.165) is 25.3 Å². The number of hydrogen-bond acceptors (Lipinski definition) is 3. The van der Waals surface area contributed by atoms with Gasteiger partial charge in [-0.15, -0.1) is 11.3 Å². The van der Waals surface area contributed by atoms with Crippen LogP contribution in [0.5, 0.6) is 0 Å². The molecule has 0 spiro atoms. The van der Waals surface area contributed by atoms with Crippen molar-refractivity contribution in [2.45, 2.75) is 26.9 Å². The van der Waals surface area contributed by atoms with Crippen LogP contribution in [0.25, 0.3) is 10.1 Å². The molecule has 0 aliphatic rings. The highest BCUT2D eigenvalue weighted by Gasteiger charge is 2.12. The molecule has 4 heteroatoms. The zero-order valence-electron chi connectivity index (χ0n) is 11.9. The number of benzene rings is 1. The molecule has 3 nitrogen and oxygen atoms in total. The Morgan fingerprint density at radius 1 is 1.25 bits per heavy atom. The highest BCUT2D eigenvalue weighted by Crippen LogP contribution is 2.31. The second kappa shape index (κ2) is 5.77. The van der Waals surface area contributed by atoms with Crippen LogP contribution in [0.3, 0.4) is 0 Å². The van der Waals surface area contributed by atoms with E-state index in [2.05, 4.69) is 53.9 Å². The molecule has 3 rings (SSSR count). The smallest absolute Gasteiger partial charge is 0.0676 e. The Labute approximate surface area is 123 Å². The normalized spacial score (nSPS) is 11.3. The highest BCUT2D eigenvalue weighted by molar-refractivity contribution is 7.19. The Balaban J connectivity index is 2.01. The maximum Gasteiger partial charge on any atom is 0.0676 e. The molecule has 20 heavy (non-hydrogen) atoms. The van der Waals surface area contributed by atoms with E-state index in [0.29, 0.717) is 0 Å². The summed E-state index contributed by atoms with van der Waals surface area (Å²) in [5.41, 5.74) is 2.47. The number of hydrogen-bond donors (Lipinski definition) is 1. The van der Waals surface area contributed by atoms with Crippen LogP contribution in [0.2, 0.25) is 0 Å². The number of nitrogens with zero attached hydrogens (tertiary/aromatic N) is 2. The maximum absolute atomic E-state index is 4.51. The summed E-state index contributed by atoms with van der Waals surface area (Å²) in [5.74, 6) is 0. The van der Waals surface area contributed by atoms with E-state index in [1.54, 1.807) is 0 Å². The van der Waals surface area contributed by atoms with Crippen LogP contribution in [-0.2, 0) is 13.1 Å². The molecular weight excluding hydrogens is 266 g/mol. The van der Waals surface area contributed by atoms with Crippen LogP contribution in [0, 0.1) is 6.92 Å². The molecule has 0 saturated heterocycles. The van der Waals surface area contributed by atoms with E-state index < -0.39 is 0 Å². The number of fused-ring (bicyclic) bond motifs is 1. The largest absolute Gasteiger partial charge is 0.312 e. The van der Waals surface area contributed by atoms with Gasteiger partial charge in [0, 0.05) is 22.3 Å². The summed E-state index contributed by atoms with van der Waals surface area (Å²) in [6.45, 7) is 6.95. The predicted molar refractivity (Wildman–Crippen MR) is 85.3 cm³/mol. The summed E-state index contributed by atoms with van der Waals surface area (Å²) in [5, 5.41) is 9.31. The fraction of sp³-hybridized carbons (Fsp3) is 0.312. The Bertz CT molecular complexity index is 711. The van der Waals surface area contributed by atoms with Gasteiger partial charge in [-0.1, -0.05) is 25.1 Å². The second-order valence-corrected chi connectivity index (χ2v) is 6.07. The molecule has 2 heterocycles. The average molecular weight is 285 g/mol. The van der Waals surface area contributed by atoms with Crippen molar-refractivity contribution in [1.82, 2.24) is 15.1 Å². The van der Waals surface area contributed by atoms with Crippen molar-refractivity contribution < 1.29 is 0 Å². The van der Waals surface area contributed by atoms with Crippen LogP contribution in [0.15, 0.2) is 36.5 Å². The summed E-state index contributed by atoms with van der Waals surface area (Å²) in [6, 6.07) is 10.7. The van der Waals surface area contributed by atoms with Gasteiger partial charge in [0.2, 0.25) is 0 Å². The van der Waals surface area contributed by atoms with Crippen molar-refractivity contribution in [2.24, 2.45) is 0 Å². The molecule has 0 atom stereocenters. The Morgan fingerprint density at radius 3 is 2.85 bits per heavy atom. The van der Waals surface area contributed by atoms with Crippen molar-refractivity contribution in [1.29, 1.82) is 0 Å². The van der Waals surface area contributed by atoms with Crippen LogP contribution < -0.4 is 5.32 Å². The van der Waals surface area contributed by atoms with Gasteiger partial charge < -0.3 is 5.32 Å². The van der Waals surface area contributed by atoms with Crippen molar-refractivity contribution >= 4 is 21.4 Å². The minimum absolute atomic E-state index is 0.846. The van der Waals surface area contributed by atoms with E-state index in [1.165, 1.54) is 20.5 Å². The molecule has 0 amide bonds. The molecule has 0 bridgehead atoms. The Hall–Kier alpha value is -1.65. The Kier molecular flexibility index (Phi) is 3.85. The number of aryl methyl sites for hydroxylation is 1. The number of aromatic nitrogens is 2. The van der Waals surface area contributed by atoms with Gasteiger partial charge in [-0.2, -0.15) is 5.10 Å². The molecular formula is C16H19N3S. The van der Waals surface area contributed by atoms with Crippen LogP contribution in [-0.4, -0.2) is 16.3 Å². The standard InChI is InChI=1S/C16H19N3S/c1-3-17-10-16-14(11-19-9-8-12(2)18-19)13-6-4-5-7-15(13)20-16/h4-9,17H,3,10-11H2,1-2H3. The van der Waals surface area contributed by atoms with Crippen molar-refractivity contribution in [3.05, 3.63) is 52.7 Å². The zero-order chi connectivity index (χ0) is 13.9. The Morgan fingerprint density at radius 2 is 2.10 bits per heavy atom. The van der Waals surface area contributed by atoms with Crippen LogP contribution >= 0.6 is 11.3 Å². The van der Waals surface area contributed by atoms with E-state index in [4.69, 9.17) is 0 Å². The first-order valence-corrected chi connectivity index (χ1v) is 7.79. The molecule has 0 fully saturated rings. The van der Waals surface area contributed by atoms with Gasteiger partial charge in [0.1, 0.15) is 0 Å². The summed E-state index contributed by atoms with van der Waals surface area (Å²) in [7, 11) is 0. The maximum atomic E-state index is 4.51. The highest BCUT2D eigenvalue weighted by atomic mass is 32.1.